The molecule has 24 heavy (non-hydrogen) atoms. The lowest BCUT2D eigenvalue weighted by Gasteiger charge is -2.17. The molecule has 7 heteroatoms. The highest BCUT2D eigenvalue weighted by molar-refractivity contribution is 7.99. The number of hydrogen-bond donors (Lipinski definition) is 2. The second-order valence-electron chi connectivity index (χ2n) is 6.18. The van der Waals surface area contributed by atoms with E-state index in [2.05, 4.69) is 21.9 Å². The summed E-state index contributed by atoms with van der Waals surface area (Å²) < 4.78 is 22.9. The molecule has 0 saturated heterocycles. The first-order valence-corrected chi connectivity index (χ1v) is 11.4. The molecule has 5 nitrogen and oxygen atoms in total. The van der Waals surface area contributed by atoms with E-state index in [9.17, 15) is 8.42 Å². The maximum absolute atomic E-state index is 11.5. The molecule has 0 radical (unpaired) electrons. The fourth-order valence-electron chi connectivity index (χ4n) is 2.90. The minimum Gasteiger partial charge on any atom is -0.356 e. The molecule has 2 unspecified atom stereocenters. The van der Waals surface area contributed by atoms with E-state index in [4.69, 9.17) is 0 Å². The van der Waals surface area contributed by atoms with Gasteiger partial charge in [0.1, 0.15) is 0 Å². The average molecular weight is 370 g/mol. The van der Waals surface area contributed by atoms with Crippen LogP contribution in [0.4, 0.5) is 0 Å². The maximum atomic E-state index is 11.5. The molecule has 2 N–H and O–H groups in total. The quantitative estimate of drug-likeness (QED) is 0.593. The normalized spacial score (nSPS) is 21.7. The van der Waals surface area contributed by atoms with Crippen LogP contribution in [0.3, 0.4) is 0 Å². The van der Waals surface area contributed by atoms with Crippen molar-refractivity contribution in [2.75, 3.05) is 26.1 Å². The molecule has 0 aromatic heterocycles. The predicted octanol–water partition coefficient (Wildman–Crippen LogP) is 2.08. The van der Waals surface area contributed by atoms with Crippen LogP contribution in [0.5, 0.6) is 0 Å². The monoisotopic (exact) mass is 369 g/mol. The van der Waals surface area contributed by atoms with Crippen molar-refractivity contribution in [3.8, 4) is 0 Å². The van der Waals surface area contributed by atoms with Crippen LogP contribution in [0, 0.1) is 0 Å². The first-order valence-electron chi connectivity index (χ1n) is 8.21. The molecule has 134 valence electrons. The van der Waals surface area contributed by atoms with E-state index in [1.807, 2.05) is 23.9 Å². The summed E-state index contributed by atoms with van der Waals surface area (Å²) >= 11 is 1.95. The van der Waals surface area contributed by atoms with Gasteiger partial charge in [0.15, 0.2) is 15.8 Å². The molecular weight excluding hydrogens is 342 g/mol. The Bertz CT molecular complexity index is 657. The molecule has 0 amide bonds. The van der Waals surface area contributed by atoms with Gasteiger partial charge >= 0.3 is 0 Å². The van der Waals surface area contributed by atoms with E-state index < -0.39 is 9.84 Å². The third-order valence-electron chi connectivity index (χ3n) is 4.34. The fraction of sp³-hybridized carbons (Fsp3) is 0.588. The highest BCUT2D eigenvalue weighted by atomic mass is 32.2. The molecule has 0 heterocycles. The summed E-state index contributed by atoms with van der Waals surface area (Å²) in [6.45, 7) is 0.760. The van der Waals surface area contributed by atoms with Gasteiger partial charge in [-0.1, -0.05) is 12.1 Å². The first kappa shape index (κ1) is 19.1. The van der Waals surface area contributed by atoms with Crippen LogP contribution >= 0.6 is 11.8 Å². The van der Waals surface area contributed by atoms with Crippen molar-refractivity contribution < 1.29 is 8.42 Å². The summed E-state index contributed by atoms with van der Waals surface area (Å²) in [5.41, 5.74) is 1.11. The summed E-state index contributed by atoms with van der Waals surface area (Å²) in [7, 11) is -1.34. The van der Waals surface area contributed by atoms with Gasteiger partial charge in [0, 0.05) is 31.1 Å². The Morgan fingerprint density at radius 2 is 2.00 bits per heavy atom. The lowest BCUT2D eigenvalue weighted by molar-refractivity contribution is 0.602. The van der Waals surface area contributed by atoms with Gasteiger partial charge in [-0.3, -0.25) is 4.99 Å². The van der Waals surface area contributed by atoms with Gasteiger partial charge in [-0.05, 0) is 49.6 Å². The molecule has 1 aliphatic rings. The van der Waals surface area contributed by atoms with Gasteiger partial charge in [0.25, 0.3) is 0 Å². The first-order chi connectivity index (χ1) is 11.4. The third kappa shape index (κ3) is 5.70. The highest BCUT2D eigenvalue weighted by Gasteiger charge is 2.24. The van der Waals surface area contributed by atoms with Crippen LogP contribution in [-0.2, 0) is 16.3 Å². The predicted molar refractivity (Wildman–Crippen MR) is 103 cm³/mol. The standard InChI is InChI=1S/C17H27N3O2S2/c1-18-17(20-14-6-7-15(12-14)23-2)19-11-10-13-4-8-16(9-5-13)24(3,21)22/h4-5,8-9,14-15H,6-7,10-12H2,1-3H3,(H2,18,19,20). The number of sulfone groups is 1. The van der Waals surface area contributed by atoms with Crippen molar-refractivity contribution in [2.24, 2.45) is 4.99 Å². The highest BCUT2D eigenvalue weighted by Crippen LogP contribution is 2.27. The summed E-state index contributed by atoms with van der Waals surface area (Å²) in [5.74, 6) is 0.842. The Hall–Kier alpha value is -1.21. The van der Waals surface area contributed by atoms with Crippen molar-refractivity contribution in [2.45, 2.75) is 41.9 Å². The SMILES string of the molecule is CN=C(NCCc1ccc(S(C)(=O)=O)cc1)NC1CCC(SC)C1. The van der Waals surface area contributed by atoms with E-state index >= 15 is 0 Å². The smallest absolute Gasteiger partial charge is 0.191 e. The molecule has 1 aromatic rings. The third-order valence-corrected chi connectivity index (χ3v) is 6.56. The van der Waals surface area contributed by atoms with Crippen LogP contribution in [0.1, 0.15) is 24.8 Å². The number of benzene rings is 1. The Labute approximate surface area is 149 Å². The lowest BCUT2D eigenvalue weighted by Crippen LogP contribution is -2.43. The number of guanidine groups is 1. The maximum Gasteiger partial charge on any atom is 0.191 e. The van der Waals surface area contributed by atoms with Gasteiger partial charge < -0.3 is 10.6 Å². The van der Waals surface area contributed by atoms with Crippen molar-refractivity contribution in [1.82, 2.24) is 10.6 Å². The summed E-state index contributed by atoms with van der Waals surface area (Å²) in [4.78, 5) is 4.65. The molecular formula is C17H27N3O2S2. The Morgan fingerprint density at radius 1 is 1.29 bits per heavy atom. The topological polar surface area (TPSA) is 70.6 Å². The van der Waals surface area contributed by atoms with Gasteiger partial charge in [-0.25, -0.2) is 8.42 Å². The van der Waals surface area contributed by atoms with E-state index in [0.29, 0.717) is 10.9 Å². The number of thioether (sulfide) groups is 1. The van der Waals surface area contributed by atoms with Crippen molar-refractivity contribution in [3.63, 3.8) is 0 Å². The molecule has 1 saturated carbocycles. The zero-order valence-corrected chi connectivity index (χ0v) is 16.2. The molecule has 0 bridgehead atoms. The minimum absolute atomic E-state index is 0.362. The van der Waals surface area contributed by atoms with Gasteiger partial charge in [-0.2, -0.15) is 11.8 Å². The molecule has 0 aliphatic heterocycles. The fourth-order valence-corrected chi connectivity index (χ4v) is 4.33. The largest absolute Gasteiger partial charge is 0.356 e. The number of nitrogens with one attached hydrogen (secondary N) is 2. The molecule has 2 rings (SSSR count). The molecule has 2 atom stereocenters. The van der Waals surface area contributed by atoms with Crippen molar-refractivity contribution in [3.05, 3.63) is 29.8 Å². The second-order valence-corrected chi connectivity index (χ2v) is 9.33. The lowest BCUT2D eigenvalue weighted by atomic mass is 10.1. The van der Waals surface area contributed by atoms with Gasteiger partial charge in [0.2, 0.25) is 0 Å². The Morgan fingerprint density at radius 3 is 2.54 bits per heavy atom. The van der Waals surface area contributed by atoms with Gasteiger partial charge in [0.05, 0.1) is 4.90 Å². The second kappa shape index (κ2) is 8.76. The van der Waals surface area contributed by atoms with Crippen LogP contribution < -0.4 is 10.6 Å². The molecule has 1 aliphatic carbocycles. The van der Waals surface area contributed by atoms with E-state index in [-0.39, 0.29) is 0 Å². The van der Waals surface area contributed by atoms with Crippen LogP contribution in [0.2, 0.25) is 0 Å². The van der Waals surface area contributed by atoms with Crippen LogP contribution in [-0.4, -0.2) is 51.8 Å². The Balaban J connectivity index is 1.78. The van der Waals surface area contributed by atoms with E-state index in [0.717, 1.165) is 29.7 Å². The number of hydrogen-bond acceptors (Lipinski definition) is 4. The van der Waals surface area contributed by atoms with Crippen LogP contribution in [0.15, 0.2) is 34.2 Å². The minimum atomic E-state index is -3.12. The molecule has 1 aromatic carbocycles. The van der Waals surface area contributed by atoms with Crippen molar-refractivity contribution in [1.29, 1.82) is 0 Å². The average Bonchev–Trinajstić information content (AvgIpc) is 3.01. The zero-order valence-electron chi connectivity index (χ0n) is 14.6. The summed E-state index contributed by atoms with van der Waals surface area (Å²) in [6, 6.07) is 7.57. The zero-order chi connectivity index (χ0) is 17.6. The number of nitrogens with zero attached hydrogens (tertiary/aromatic N) is 1. The van der Waals surface area contributed by atoms with E-state index in [1.54, 1.807) is 19.2 Å². The molecule has 1 fully saturated rings. The summed E-state index contributed by atoms with van der Waals surface area (Å²) in [6.07, 6.45) is 7.87. The summed E-state index contributed by atoms with van der Waals surface area (Å²) in [5, 5.41) is 7.59. The molecule has 0 spiro atoms. The number of aliphatic imine (C=N–C) groups is 1. The van der Waals surface area contributed by atoms with Crippen LogP contribution in [0.25, 0.3) is 0 Å². The Kier molecular flexibility index (Phi) is 6.98. The van der Waals surface area contributed by atoms with Gasteiger partial charge in [-0.15, -0.1) is 0 Å². The van der Waals surface area contributed by atoms with E-state index in [1.165, 1.54) is 25.5 Å². The number of rotatable bonds is 6. The van der Waals surface area contributed by atoms with Crippen molar-refractivity contribution >= 4 is 27.6 Å².